The monoisotopic (exact) mass is 262 g/mol. The highest BCUT2D eigenvalue weighted by atomic mass is 16.5. The van der Waals surface area contributed by atoms with Crippen LogP contribution in [-0.4, -0.2) is 38.8 Å². The third-order valence-electron chi connectivity index (χ3n) is 3.52. The molecular formula is C15H22N2O2. The SMILES string of the molecule is Cc1ccc(C)c(N(C)C(=O)CC2COCCN2)c1. The molecule has 2 rings (SSSR count). The van der Waals surface area contributed by atoms with Crippen LogP contribution >= 0.6 is 0 Å². The van der Waals surface area contributed by atoms with Gasteiger partial charge in [-0.1, -0.05) is 12.1 Å². The summed E-state index contributed by atoms with van der Waals surface area (Å²) >= 11 is 0. The standard InChI is InChI=1S/C15H22N2O2/c1-11-4-5-12(2)14(8-11)17(3)15(18)9-13-10-19-7-6-16-13/h4-5,8,13,16H,6-7,9-10H2,1-3H3. The van der Waals surface area contributed by atoms with Crippen molar-refractivity contribution in [2.24, 2.45) is 0 Å². The maximum absolute atomic E-state index is 12.3. The molecule has 19 heavy (non-hydrogen) atoms. The Bertz CT molecular complexity index is 453. The lowest BCUT2D eigenvalue weighted by atomic mass is 10.1. The molecule has 0 radical (unpaired) electrons. The Morgan fingerprint density at radius 3 is 2.95 bits per heavy atom. The van der Waals surface area contributed by atoms with Crippen LogP contribution in [0.2, 0.25) is 0 Å². The van der Waals surface area contributed by atoms with E-state index in [4.69, 9.17) is 4.74 Å². The number of amides is 1. The molecule has 0 aromatic heterocycles. The van der Waals surface area contributed by atoms with Gasteiger partial charge in [0, 0.05) is 31.7 Å². The van der Waals surface area contributed by atoms with Crippen molar-refractivity contribution in [2.75, 3.05) is 31.7 Å². The van der Waals surface area contributed by atoms with Gasteiger partial charge in [-0.2, -0.15) is 0 Å². The predicted molar refractivity (Wildman–Crippen MR) is 76.6 cm³/mol. The van der Waals surface area contributed by atoms with E-state index < -0.39 is 0 Å². The largest absolute Gasteiger partial charge is 0.378 e. The maximum Gasteiger partial charge on any atom is 0.228 e. The van der Waals surface area contributed by atoms with Gasteiger partial charge in [0.15, 0.2) is 0 Å². The fraction of sp³-hybridized carbons (Fsp3) is 0.533. The van der Waals surface area contributed by atoms with E-state index in [0.717, 1.165) is 24.4 Å². The van der Waals surface area contributed by atoms with Crippen LogP contribution in [0, 0.1) is 13.8 Å². The van der Waals surface area contributed by atoms with Gasteiger partial charge in [-0.05, 0) is 31.0 Å². The highest BCUT2D eigenvalue weighted by Gasteiger charge is 2.20. The summed E-state index contributed by atoms with van der Waals surface area (Å²) in [7, 11) is 1.84. The van der Waals surface area contributed by atoms with Crippen LogP contribution in [0.1, 0.15) is 17.5 Å². The number of hydrogen-bond donors (Lipinski definition) is 1. The topological polar surface area (TPSA) is 41.6 Å². The van der Waals surface area contributed by atoms with Crippen LogP contribution in [0.15, 0.2) is 18.2 Å². The first-order valence-corrected chi connectivity index (χ1v) is 6.73. The van der Waals surface area contributed by atoms with Crippen molar-refractivity contribution >= 4 is 11.6 Å². The van der Waals surface area contributed by atoms with Gasteiger partial charge in [-0.15, -0.1) is 0 Å². The lowest BCUT2D eigenvalue weighted by Crippen LogP contribution is -2.44. The van der Waals surface area contributed by atoms with Crippen molar-refractivity contribution in [1.29, 1.82) is 0 Å². The van der Waals surface area contributed by atoms with Crippen LogP contribution in [0.5, 0.6) is 0 Å². The highest BCUT2D eigenvalue weighted by Crippen LogP contribution is 2.21. The Labute approximate surface area is 114 Å². The molecule has 1 heterocycles. The molecule has 104 valence electrons. The molecule has 1 aliphatic rings. The Morgan fingerprint density at radius 2 is 2.26 bits per heavy atom. The third-order valence-corrected chi connectivity index (χ3v) is 3.52. The second-order valence-corrected chi connectivity index (χ2v) is 5.17. The molecule has 1 aliphatic heterocycles. The molecule has 0 bridgehead atoms. The summed E-state index contributed by atoms with van der Waals surface area (Å²) in [4.78, 5) is 14.1. The summed E-state index contributed by atoms with van der Waals surface area (Å²) in [6.07, 6.45) is 0.476. The second kappa shape index (κ2) is 6.17. The van der Waals surface area contributed by atoms with Crippen LogP contribution in [0.4, 0.5) is 5.69 Å². The first-order valence-electron chi connectivity index (χ1n) is 6.73. The molecule has 1 N–H and O–H groups in total. The molecule has 1 amide bonds. The molecule has 4 heteroatoms. The summed E-state index contributed by atoms with van der Waals surface area (Å²) in [5, 5.41) is 3.31. The quantitative estimate of drug-likeness (QED) is 0.900. The van der Waals surface area contributed by atoms with Crippen LogP contribution in [0.25, 0.3) is 0 Å². The summed E-state index contributed by atoms with van der Waals surface area (Å²) in [5.74, 6) is 0.122. The van der Waals surface area contributed by atoms with E-state index in [2.05, 4.69) is 23.5 Å². The van der Waals surface area contributed by atoms with E-state index in [1.54, 1.807) is 4.90 Å². The van der Waals surface area contributed by atoms with Crippen molar-refractivity contribution in [3.8, 4) is 0 Å². The van der Waals surface area contributed by atoms with Crippen LogP contribution in [-0.2, 0) is 9.53 Å². The Balaban J connectivity index is 2.03. The Kier molecular flexibility index (Phi) is 4.56. The van der Waals surface area contributed by atoms with Gasteiger partial charge in [0.1, 0.15) is 0 Å². The summed E-state index contributed by atoms with van der Waals surface area (Å²) in [6, 6.07) is 6.30. The average Bonchev–Trinajstić information content (AvgIpc) is 2.42. The number of carbonyl (C=O) groups is 1. The van der Waals surface area contributed by atoms with Gasteiger partial charge in [0.05, 0.1) is 13.2 Å². The molecule has 0 saturated carbocycles. The fourth-order valence-electron chi connectivity index (χ4n) is 2.31. The number of carbonyl (C=O) groups excluding carboxylic acids is 1. The second-order valence-electron chi connectivity index (χ2n) is 5.17. The maximum atomic E-state index is 12.3. The van der Waals surface area contributed by atoms with Crippen molar-refractivity contribution in [3.63, 3.8) is 0 Å². The van der Waals surface area contributed by atoms with Gasteiger partial charge >= 0.3 is 0 Å². The van der Waals surface area contributed by atoms with E-state index in [1.165, 1.54) is 5.56 Å². The van der Waals surface area contributed by atoms with Crippen molar-refractivity contribution in [2.45, 2.75) is 26.3 Å². The lowest BCUT2D eigenvalue weighted by molar-refractivity contribution is -0.119. The summed E-state index contributed by atoms with van der Waals surface area (Å²) < 4.78 is 5.38. The lowest BCUT2D eigenvalue weighted by Gasteiger charge is -2.26. The molecule has 1 aromatic rings. The fourth-order valence-corrected chi connectivity index (χ4v) is 2.31. The number of nitrogens with one attached hydrogen (secondary N) is 1. The normalized spacial score (nSPS) is 19.2. The van der Waals surface area contributed by atoms with E-state index in [0.29, 0.717) is 13.0 Å². The number of aryl methyl sites for hydroxylation is 2. The number of morpholine rings is 1. The number of hydrogen-bond acceptors (Lipinski definition) is 3. The van der Waals surface area contributed by atoms with Crippen molar-refractivity contribution in [3.05, 3.63) is 29.3 Å². The van der Waals surface area contributed by atoms with Gasteiger partial charge in [0.2, 0.25) is 5.91 Å². The first-order chi connectivity index (χ1) is 9.08. The van der Waals surface area contributed by atoms with Crippen LogP contribution < -0.4 is 10.2 Å². The first kappa shape index (κ1) is 14.0. The van der Waals surface area contributed by atoms with Crippen LogP contribution in [0.3, 0.4) is 0 Å². The van der Waals surface area contributed by atoms with Gasteiger partial charge < -0.3 is 15.0 Å². The highest BCUT2D eigenvalue weighted by molar-refractivity contribution is 5.94. The average molecular weight is 262 g/mol. The molecule has 1 atom stereocenters. The van der Waals surface area contributed by atoms with Crippen molar-refractivity contribution < 1.29 is 9.53 Å². The van der Waals surface area contributed by atoms with Gasteiger partial charge in [-0.3, -0.25) is 4.79 Å². The molecule has 4 nitrogen and oxygen atoms in total. The Hall–Kier alpha value is -1.39. The molecule has 0 spiro atoms. The number of ether oxygens (including phenoxy) is 1. The van der Waals surface area contributed by atoms with E-state index in [-0.39, 0.29) is 11.9 Å². The number of rotatable bonds is 3. The Morgan fingerprint density at radius 1 is 1.47 bits per heavy atom. The number of nitrogens with zero attached hydrogens (tertiary/aromatic N) is 1. The minimum Gasteiger partial charge on any atom is -0.378 e. The number of anilines is 1. The van der Waals surface area contributed by atoms with Gasteiger partial charge in [-0.25, -0.2) is 0 Å². The van der Waals surface area contributed by atoms with Crippen molar-refractivity contribution in [1.82, 2.24) is 5.32 Å². The van der Waals surface area contributed by atoms with Gasteiger partial charge in [0.25, 0.3) is 0 Å². The molecule has 1 saturated heterocycles. The summed E-state index contributed by atoms with van der Waals surface area (Å²) in [6.45, 7) is 6.24. The third kappa shape index (κ3) is 3.55. The zero-order chi connectivity index (χ0) is 13.8. The minimum atomic E-state index is 0.122. The number of benzene rings is 1. The smallest absolute Gasteiger partial charge is 0.228 e. The molecule has 1 unspecified atom stereocenters. The zero-order valence-corrected chi connectivity index (χ0v) is 11.9. The summed E-state index contributed by atoms with van der Waals surface area (Å²) in [5.41, 5.74) is 3.27. The van der Waals surface area contributed by atoms with E-state index in [9.17, 15) is 4.79 Å². The van der Waals surface area contributed by atoms with E-state index >= 15 is 0 Å². The van der Waals surface area contributed by atoms with E-state index in [1.807, 2.05) is 20.9 Å². The molecular weight excluding hydrogens is 240 g/mol. The molecule has 0 aliphatic carbocycles. The molecule has 1 fully saturated rings. The predicted octanol–water partition coefficient (Wildman–Crippen LogP) is 1.64. The zero-order valence-electron chi connectivity index (χ0n) is 11.9. The molecule has 1 aromatic carbocycles. The minimum absolute atomic E-state index is 0.122.